The minimum absolute atomic E-state index is 1.08. The molecule has 0 N–H and O–H groups in total. The molecule has 11 rings (SSSR count). The summed E-state index contributed by atoms with van der Waals surface area (Å²) in [5.74, 6) is 0. The minimum Gasteiger partial charge on any atom is -0.310 e. The van der Waals surface area contributed by atoms with Crippen molar-refractivity contribution >= 4 is 38.9 Å². The molecule has 0 amide bonds. The summed E-state index contributed by atoms with van der Waals surface area (Å²) >= 11 is 0. The number of hydrogen-bond acceptors (Lipinski definition) is 1. The lowest BCUT2D eigenvalue weighted by Gasteiger charge is -2.30. The maximum Gasteiger partial charge on any atom is 0.0546 e. The van der Waals surface area contributed by atoms with E-state index in [9.17, 15) is 0 Å². The first-order valence-electron chi connectivity index (χ1n) is 21.3. The third-order valence-corrected chi connectivity index (χ3v) is 12.0. The SMILES string of the molecule is c1ccc(-c2ccc(N(c3ccc(-c4ccc(-n5c6ccccc6c6ccccc65)cc4)cc3)c3cccc(-c4ccccc4)c3-c3ccccc3-c3ccccc3)cc2)cc1. The highest BCUT2D eigenvalue weighted by Crippen LogP contribution is 2.48. The lowest BCUT2D eigenvalue weighted by Crippen LogP contribution is -2.12. The van der Waals surface area contributed by atoms with Crippen LogP contribution in [-0.4, -0.2) is 4.57 Å². The van der Waals surface area contributed by atoms with Gasteiger partial charge in [-0.05, 0) is 105 Å². The molecular formula is C60H42N2. The molecule has 0 bridgehead atoms. The van der Waals surface area contributed by atoms with Crippen LogP contribution in [0.3, 0.4) is 0 Å². The zero-order chi connectivity index (χ0) is 41.2. The van der Waals surface area contributed by atoms with E-state index < -0.39 is 0 Å². The van der Waals surface area contributed by atoms with Crippen molar-refractivity contribution in [3.8, 4) is 61.3 Å². The number of rotatable bonds is 9. The van der Waals surface area contributed by atoms with Crippen molar-refractivity contribution in [3.63, 3.8) is 0 Å². The normalized spacial score (nSPS) is 11.2. The van der Waals surface area contributed by atoms with Crippen LogP contribution in [0.1, 0.15) is 0 Å². The van der Waals surface area contributed by atoms with Crippen LogP contribution >= 0.6 is 0 Å². The highest BCUT2D eigenvalue weighted by Gasteiger charge is 2.23. The Morgan fingerprint density at radius 1 is 0.258 bits per heavy atom. The monoisotopic (exact) mass is 790 g/mol. The van der Waals surface area contributed by atoms with Crippen LogP contribution in [0.25, 0.3) is 83.1 Å². The molecule has 0 fully saturated rings. The van der Waals surface area contributed by atoms with Crippen molar-refractivity contribution in [2.75, 3.05) is 4.90 Å². The lowest BCUT2D eigenvalue weighted by atomic mass is 9.87. The summed E-state index contributed by atoms with van der Waals surface area (Å²) in [5.41, 5.74) is 18.6. The highest BCUT2D eigenvalue weighted by molar-refractivity contribution is 6.09. The molecule has 0 saturated heterocycles. The van der Waals surface area contributed by atoms with Crippen LogP contribution in [0, 0.1) is 0 Å². The summed E-state index contributed by atoms with van der Waals surface area (Å²) in [6, 6.07) is 92.0. The second-order valence-corrected chi connectivity index (χ2v) is 15.7. The fourth-order valence-corrected chi connectivity index (χ4v) is 9.11. The fraction of sp³-hybridized carbons (Fsp3) is 0. The Bertz CT molecular complexity index is 3240. The Kier molecular flexibility index (Phi) is 9.57. The summed E-state index contributed by atoms with van der Waals surface area (Å²) < 4.78 is 2.37. The van der Waals surface area contributed by atoms with Gasteiger partial charge in [0.05, 0.1) is 16.7 Å². The average Bonchev–Trinajstić information content (AvgIpc) is 3.70. The molecule has 11 aromatic rings. The molecule has 10 aromatic carbocycles. The quantitative estimate of drug-likeness (QED) is 0.141. The first-order valence-corrected chi connectivity index (χ1v) is 21.3. The van der Waals surface area contributed by atoms with Crippen molar-refractivity contribution < 1.29 is 0 Å². The Labute approximate surface area is 362 Å². The minimum atomic E-state index is 1.08. The van der Waals surface area contributed by atoms with Crippen molar-refractivity contribution in [1.29, 1.82) is 0 Å². The van der Waals surface area contributed by atoms with Gasteiger partial charge < -0.3 is 9.47 Å². The Morgan fingerprint density at radius 3 is 1.18 bits per heavy atom. The Hall–Kier alpha value is -8.20. The molecule has 0 radical (unpaired) electrons. The van der Waals surface area contributed by atoms with Crippen LogP contribution < -0.4 is 4.90 Å². The average molecular weight is 791 g/mol. The molecule has 0 spiro atoms. The smallest absolute Gasteiger partial charge is 0.0546 e. The van der Waals surface area contributed by atoms with E-state index in [0.717, 1.165) is 28.3 Å². The summed E-state index contributed by atoms with van der Waals surface area (Å²) in [4.78, 5) is 2.42. The molecule has 1 heterocycles. The first kappa shape index (κ1) is 36.8. The maximum absolute atomic E-state index is 2.42. The summed E-state index contributed by atoms with van der Waals surface area (Å²) in [5, 5.41) is 2.53. The molecule has 0 aliphatic carbocycles. The molecule has 0 aliphatic heterocycles. The summed E-state index contributed by atoms with van der Waals surface area (Å²) in [6.07, 6.45) is 0. The molecule has 62 heavy (non-hydrogen) atoms. The van der Waals surface area contributed by atoms with Gasteiger partial charge in [0, 0.05) is 33.4 Å². The standard InChI is InChI=1S/C60H42N2/c1-4-17-43(18-5-1)44-31-37-49(38-32-44)61(59-30-16-27-53(48-21-8-3-9-22-48)60(59)56-26-11-10-23-52(56)47-19-6-2-7-20-47)50-39-33-45(34-40-50)46-35-41-51(42-36-46)62-57-28-14-12-24-54(57)55-25-13-15-29-58(55)62/h1-42H. The first-order chi connectivity index (χ1) is 30.8. The Balaban J connectivity index is 1.05. The molecule has 0 aliphatic rings. The van der Waals surface area contributed by atoms with Crippen molar-refractivity contribution in [1.82, 2.24) is 4.57 Å². The van der Waals surface area contributed by atoms with E-state index in [-0.39, 0.29) is 0 Å². The number of anilines is 3. The van der Waals surface area contributed by atoms with Gasteiger partial charge in [-0.25, -0.2) is 0 Å². The van der Waals surface area contributed by atoms with Gasteiger partial charge in [-0.1, -0.05) is 200 Å². The van der Waals surface area contributed by atoms with Crippen LogP contribution in [0.4, 0.5) is 17.1 Å². The number of fused-ring (bicyclic) bond motifs is 3. The number of benzene rings is 10. The molecule has 292 valence electrons. The second kappa shape index (κ2) is 16.1. The van der Waals surface area contributed by atoms with Crippen molar-refractivity contribution in [2.24, 2.45) is 0 Å². The number of hydrogen-bond donors (Lipinski definition) is 0. The predicted octanol–water partition coefficient (Wildman–Crippen LogP) is 16.6. The van der Waals surface area contributed by atoms with Crippen molar-refractivity contribution in [2.45, 2.75) is 0 Å². The zero-order valence-corrected chi connectivity index (χ0v) is 34.1. The zero-order valence-electron chi connectivity index (χ0n) is 34.1. The van der Waals surface area contributed by atoms with E-state index in [1.165, 1.54) is 71.9 Å². The van der Waals surface area contributed by atoms with Gasteiger partial charge in [0.15, 0.2) is 0 Å². The second-order valence-electron chi connectivity index (χ2n) is 15.7. The maximum atomic E-state index is 2.42. The summed E-state index contributed by atoms with van der Waals surface area (Å²) in [7, 11) is 0. The highest BCUT2D eigenvalue weighted by atomic mass is 15.1. The van der Waals surface area contributed by atoms with E-state index in [2.05, 4.69) is 264 Å². The van der Waals surface area contributed by atoms with Crippen LogP contribution in [0.15, 0.2) is 255 Å². The fourth-order valence-electron chi connectivity index (χ4n) is 9.11. The van der Waals surface area contributed by atoms with Gasteiger partial charge >= 0.3 is 0 Å². The third-order valence-electron chi connectivity index (χ3n) is 12.0. The van der Waals surface area contributed by atoms with Gasteiger partial charge in [-0.3, -0.25) is 0 Å². The Morgan fingerprint density at radius 2 is 0.645 bits per heavy atom. The molecule has 0 atom stereocenters. The van der Waals surface area contributed by atoms with Gasteiger partial charge in [0.1, 0.15) is 0 Å². The molecule has 0 saturated carbocycles. The molecule has 1 aromatic heterocycles. The van der Waals surface area contributed by atoms with Gasteiger partial charge in [0.2, 0.25) is 0 Å². The van der Waals surface area contributed by atoms with E-state index in [1.54, 1.807) is 0 Å². The third kappa shape index (κ3) is 6.74. The number of aromatic nitrogens is 1. The largest absolute Gasteiger partial charge is 0.310 e. The van der Waals surface area contributed by atoms with E-state index in [1.807, 2.05) is 0 Å². The van der Waals surface area contributed by atoms with Crippen LogP contribution in [0.2, 0.25) is 0 Å². The molecule has 0 unspecified atom stereocenters. The van der Waals surface area contributed by atoms with Crippen LogP contribution in [0.5, 0.6) is 0 Å². The van der Waals surface area contributed by atoms with Crippen LogP contribution in [-0.2, 0) is 0 Å². The summed E-state index contributed by atoms with van der Waals surface area (Å²) in [6.45, 7) is 0. The van der Waals surface area contributed by atoms with Gasteiger partial charge in [-0.2, -0.15) is 0 Å². The number of para-hydroxylation sites is 2. The predicted molar refractivity (Wildman–Crippen MR) is 263 cm³/mol. The van der Waals surface area contributed by atoms with E-state index in [4.69, 9.17) is 0 Å². The number of nitrogens with zero attached hydrogens (tertiary/aromatic N) is 2. The van der Waals surface area contributed by atoms with E-state index in [0.29, 0.717) is 0 Å². The molecular weight excluding hydrogens is 749 g/mol. The van der Waals surface area contributed by atoms with E-state index >= 15 is 0 Å². The van der Waals surface area contributed by atoms with Gasteiger partial charge in [-0.15, -0.1) is 0 Å². The topological polar surface area (TPSA) is 8.17 Å². The lowest BCUT2D eigenvalue weighted by molar-refractivity contribution is 1.18. The molecule has 2 heteroatoms. The molecule has 2 nitrogen and oxygen atoms in total. The van der Waals surface area contributed by atoms with Crippen molar-refractivity contribution in [3.05, 3.63) is 255 Å². The van der Waals surface area contributed by atoms with Gasteiger partial charge in [0.25, 0.3) is 0 Å².